The van der Waals surface area contributed by atoms with Gasteiger partial charge in [-0.05, 0) is 126 Å². The first kappa shape index (κ1) is 37.5. The van der Waals surface area contributed by atoms with Crippen LogP contribution in [0, 0.1) is 0 Å². The average molecular weight is 829 g/mol. The number of hydrogen-bond donors (Lipinski definition) is 0. The number of rotatable bonds is 6. The third-order valence-corrected chi connectivity index (χ3v) is 14.5. The van der Waals surface area contributed by atoms with E-state index in [1.54, 1.807) is 0 Å². The van der Waals surface area contributed by atoms with Gasteiger partial charge in [0.05, 0.1) is 5.41 Å². The van der Waals surface area contributed by atoms with Crippen LogP contribution >= 0.6 is 0 Å². The van der Waals surface area contributed by atoms with Crippen LogP contribution in [0.1, 0.15) is 51.3 Å². The summed E-state index contributed by atoms with van der Waals surface area (Å²) >= 11 is 0. The maximum Gasteiger partial charge on any atom is 0.143 e. The highest BCUT2D eigenvalue weighted by Crippen LogP contribution is 2.57. The summed E-state index contributed by atoms with van der Waals surface area (Å²) in [6.07, 6.45) is 2.08. The van der Waals surface area contributed by atoms with E-state index < -0.39 is 5.41 Å². The molecule has 1 heteroatoms. The maximum atomic E-state index is 6.52. The van der Waals surface area contributed by atoms with Crippen LogP contribution < -0.4 is 0 Å². The fourth-order valence-electron chi connectivity index (χ4n) is 11.4. The highest BCUT2D eigenvalue weighted by Gasteiger charge is 2.46. The van der Waals surface area contributed by atoms with Gasteiger partial charge in [-0.3, -0.25) is 0 Å². The molecular formula is C64H44O. The molecule has 2 aliphatic carbocycles. The molecule has 0 radical (unpaired) electrons. The van der Waals surface area contributed by atoms with Gasteiger partial charge in [-0.25, -0.2) is 0 Å². The lowest BCUT2D eigenvalue weighted by Gasteiger charge is -2.34. The minimum Gasteiger partial charge on any atom is -0.455 e. The molecule has 0 saturated heterocycles. The van der Waals surface area contributed by atoms with E-state index in [4.69, 9.17) is 4.42 Å². The van der Waals surface area contributed by atoms with Gasteiger partial charge in [0.25, 0.3) is 0 Å². The minimum atomic E-state index is -0.543. The third-order valence-electron chi connectivity index (χ3n) is 14.5. The van der Waals surface area contributed by atoms with Crippen molar-refractivity contribution in [2.75, 3.05) is 0 Å². The lowest BCUT2D eigenvalue weighted by Crippen LogP contribution is -2.28. The summed E-state index contributed by atoms with van der Waals surface area (Å²) in [7, 11) is 0. The summed E-state index contributed by atoms with van der Waals surface area (Å²) < 4.78 is 6.52. The Labute approximate surface area is 379 Å². The topological polar surface area (TPSA) is 13.1 Å². The average Bonchev–Trinajstić information content (AvgIpc) is 3.85. The van der Waals surface area contributed by atoms with Gasteiger partial charge in [-0.15, -0.1) is 0 Å². The van der Waals surface area contributed by atoms with Gasteiger partial charge in [0.2, 0.25) is 0 Å². The first-order chi connectivity index (χ1) is 32.2. The molecule has 0 N–H and O–H groups in total. The summed E-state index contributed by atoms with van der Waals surface area (Å²) in [6, 6.07) is 87.9. The first-order valence-electron chi connectivity index (χ1n) is 22.9. The standard InChI is InChI=1S/C64H44O/c1-4-15-42(16-5-1)46-32-37-53-51(43-17-6-2-7-18-43)36-31-45-27-28-47(39-58(45)59(53)40-46)48-33-38-55-54-21-10-12-25-60(54)64(61(55)41-48,49-19-8-3-9-20-49)50-34-29-44(30-35-50)52-23-14-24-57-56-22-11-13-26-62(56)65-63(52)57/h1-30,32-35,37-41,51H,31,36H2. The Morgan fingerprint density at radius 1 is 0.369 bits per heavy atom. The fraction of sp³-hybridized carbons (Fsp3) is 0.0625. The molecule has 11 aromatic rings. The Bertz CT molecular complexity index is 3580. The summed E-state index contributed by atoms with van der Waals surface area (Å²) in [6.45, 7) is 0. The Balaban J connectivity index is 0.981. The molecule has 10 aromatic carbocycles. The quantitative estimate of drug-likeness (QED) is 0.163. The number of para-hydroxylation sites is 2. The highest BCUT2D eigenvalue weighted by molar-refractivity contribution is 6.09. The van der Waals surface area contributed by atoms with Crippen molar-refractivity contribution in [1.29, 1.82) is 0 Å². The first-order valence-corrected chi connectivity index (χ1v) is 22.9. The van der Waals surface area contributed by atoms with E-state index in [9.17, 15) is 0 Å². The zero-order valence-electron chi connectivity index (χ0n) is 35.9. The molecule has 0 amide bonds. The Hall–Kier alpha value is -8.00. The zero-order valence-corrected chi connectivity index (χ0v) is 35.9. The van der Waals surface area contributed by atoms with Crippen LogP contribution in [0.25, 0.3) is 77.6 Å². The smallest absolute Gasteiger partial charge is 0.143 e. The number of furan rings is 1. The van der Waals surface area contributed by atoms with Crippen molar-refractivity contribution in [2.24, 2.45) is 0 Å². The van der Waals surface area contributed by atoms with Crippen LogP contribution in [0.5, 0.6) is 0 Å². The molecule has 1 heterocycles. The molecule has 0 aliphatic heterocycles. The summed E-state index contributed by atoms with van der Waals surface area (Å²) in [4.78, 5) is 0. The van der Waals surface area contributed by atoms with Gasteiger partial charge in [-0.1, -0.05) is 212 Å². The maximum absolute atomic E-state index is 6.52. The molecule has 2 unspecified atom stereocenters. The van der Waals surface area contributed by atoms with Crippen molar-refractivity contribution in [3.63, 3.8) is 0 Å². The summed E-state index contributed by atoms with van der Waals surface area (Å²) in [5.74, 6) is 0.315. The van der Waals surface area contributed by atoms with Crippen LogP contribution in [0.3, 0.4) is 0 Å². The van der Waals surface area contributed by atoms with E-state index in [-0.39, 0.29) is 0 Å². The third kappa shape index (κ3) is 5.93. The van der Waals surface area contributed by atoms with E-state index in [0.717, 1.165) is 45.9 Å². The molecule has 65 heavy (non-hydrogen) atoms. The van der Waals surface area contributed by atoms with Crippen LogP contribution in [-0.2, 0) is 11.8 Å². The van der Waals surface area contributed by atoms with Gasteiger partial charge in [0, 0.05) is 22.3 Å². The monoisotopic (exact) mass is 828 g/mol. The molecular weight excluding hydrogens is 785 g/mol. The second-order valence-corrected chi connectivity index (χ2v) is 17.8. The molecule has 306 valence electrons. The predicted molar refractivity (Wildman–Crippen MR) is 269 cm³/mol. The molecule has 0 spiro atoms. The molecule has 2 atom stereocenters. The molecule has 13 rings (SSSR count). The SMILES string of the molecule is c1ccc(-c2ccc3c(c2)-c2cc(-c4ccc5c(c4)C(c4ccccc4)(c4ccc(-c6cccc7c6oc6ccccc67)cc4)c4ccccc4-5)ccc2CCC3c2ccccc2)cc1. The van der Waals surface area contributed by atoms with Gasteiger partial charge >= 0.3 is 0 Å². The molecule has 0 saturated carbocycles. The predicted octanol–water partition coefficient (Wildman–Crippen LogP) is 16.7. The highest BCUT2D eigenvalue weighted by atomic mass is 16.3. The van der Waals surface area contributed by atoms with E-state index in [0.29, 0.717) is 5.92 Å². The van der Waals surface area contributed by atoms with E-state index in [1.807, 2.05) is 6.07 Å². The molecule has 2 aliphatic rings. The molecule has 1 aromatic heterocycles. The molecule has 0 fully saturated rings. The summed E-state index contributed by atoms with van der Waals surface area (Å²) in [5, 5.41) is 2.29. The van der Waals surface area contributed by atoms with E-state index in [2.05, 4.69) is 231 Å². The van der Waals surface area contributed by atoms with Crippen molar-refractivity contribution >= 4 is 21.9 Å². The van der Waals surface area contributed by atoms with Crippen LogP contribution in [-0.4, -0.2) is 0 Å². The lowest BCUT2D eigenvalue weighted by molar-refractivity contribution is 0.670. The second kappa shape index (κ2) is 15.1. The van der Waals surface area contributed by atoms with Crippen LogP contribution in [0.2, 0.25) is 0 Å². The molecule has 0 bridgehead atoms. The van der Waals surface area contributed by atoms with Gasteiger partial charge < -0.3 is 4.42 Å². The number of fused-ring (bicyclic) bond motifs is 9. The molecule has 1 nitrogen and oxygen atoms in total. The van der Waals surface area contributed by atoms with Crippen molar-refractivity contribution in [3.8, 4) is 55.6 Å². The Kier molecular flexibility index (Phi) is 8.71. The van der Waals surface area contributed by atoms with Crippen molar-refractivity contribution in [2.45, 2.75) is 24.2 Å². The van der Waals surface area contributed by atoms with Crippen molar-refractivity contribution in [1.82, 2.24) is 0 Å². The largest absolute Gasteiger partial charge is 0.455 e. The van der Waals surface area contributed by atoms with Crippen molar-refractivity contribution < 1.29 is 4.42 Å². The summed E-state index contributed by atoms with van der Waals surface area (Å²) in [5.41, 5.74) is 23.0. The normalized spacial score (nSPS) is 16.1. The Morgan fingerprint density at radius 3 is 1.82 bits per heavy atom. The number of hydrogen-bond acceptors (Lipinski definition) is 1. The van der Waals surface area contributed by atoms with Gasteiger partial charge in [0.1, 0.15) is 11.2 Å². The Morgan fingerprint density at radius 2 is 0.969 bits per heavy atom. The second-order valence-electron chi connectivity index (χ2n) is 17.8. The van der Waals surface area contributed by atoms with Gasteiger partial charge in [0.15, 0.2) is 0 Å². The number of aryl methyl sites for hydroxylation is 1. The number of benzene rings is 10. The van der Waals surface area contributed by atoms with Gasteiger partial charge in [-0.2, -0.15) is 0 Å². The van der Waals surface area contributed by atoms with Crippen LogP contribution in [0.15, 0.2) is 241 Å². The zero-order chi connectivity index (χ0) is 42.9. The van der Waals surface area contributed by atoms with Crippen molar-refractivity contribution in [3.05, 3.63) is 276 Å². The van der Waals surface area contributed by atoms with Crippen LogP contribution in [0.4, 0.5) is 0 Å². The lowest BCUT2D eigenvalue weighted by atomic mass is 9.67. The van der Waals surface area contributed by atoms with E-state index >= 15 is 0 Å². The van der Waals surface area contributed by atoms with E-state index in [1.165, 1.54) is 83.5 Å². The fourth-order valence-corrected chi connectivity index (χ4v) is 11.4. The minimum absolute atomic E-state index is 0.315.